The van der Waals surface area contributed by atoms with Crippen LogP contribution in [-0.4, -0.2) is 29.6 Å². The molecule has 1 unspecified atom stereocenters. The number of hydrogen-bond acceptors (Lipinski definition) is 2. The van der Waals surface area contributed by atoms with Crippen LogP contribution in [0.4, 0.5) is 0 Å². The summed E-state index contributed by atoms with van der Waals surface area (Å²) in [6, 6.07) is 0. The third-order valence-corrected chi connectivity index (χ3v) is 3.08. The first kappa shape index (κ1) is 9.00. The summed E-state index contributed by atoms with van der Waals surface area (Å²) in [5.74, 6) is 0.944. The fraction of sp³-hybridized carbons (Fsp3) is 0.900. The number of carbonyl (C=O) groups is 1. The summed E-state index contributed by atoms with van der Waals surface area (Å²) in [4.78, 5) is 13.6. The molecule has 1 aliphatic heterocycles. The molecule has 1 spiro atoms. The third kappa shape index (κ3) is 1.35. The van der Waals surface area contributed by atoms with Crippen molar-refractivity contribution in [3.8, 4) is 0 Å². The maximum atomic E-state index is 11.7. The van der Waals surface area contributed by atoms with Crippen LogP contribution in [0.3, 0.4) is 0 Å². The van der Waals surface area contributed by atoms with Crippen LogP contribution in [0.15, 0.2) is 0 Å². The van der Waals surface area contributed by atoms with Crippen LogP contribution in [0.25, 0.3) is 0 Å². The molecule has 1 N–H and O–H groups in total. The summed E-state index contributed by atoms with van der Waals surface area (Å²) in [5, 5.41) is 3.45. The number of nitrogens with zero attached hydrogens (tertiary/aromatic N) is 1. The number of amides is 1. The Morgan fingerprint density at radius 2 is 2.23 bits per heavy atom. The van der Waals surface area contributed by atoms with Crippen molar-refractivity contribution in [1.29, 1.82) is 0 Å². The van der Waals surface area contributed by atoms with Crippen molar-refractivity contribution in [3.05, 3.63) is 0 Å². The summed E-state index contributed by atoms with van der Waals surface area (Å²) >= 11 is 0. The second-order valence-electron chi connectivity index (χ2n) is 4.79. The second-order valence-corrected chi connectivity index (χ2v) is 4.79. The summed E-state index contributed by atoms with van der Waals surface area (Å²) in [7, 11) is 1.91. The molecular weight excluding hydrogens is 164 g/mol. The molecule has 0 radical (unpaired) electrons. The average molecular weight is 182 g/mol. The van der Waals surface area contributed by atoms with Gasteiger partial charge in [0.25, 0.3) is 0 Å². The summed E-state index contributed by atoms with van der Waals surface area (Å²) in [5.41, 5.74) is -0.131. The predicted octanol–water partition coefficient (Wildman–Crippen LogP) is 0.953. The van der Waals surface area contributed by atoms with Gasteiger partial charge < -0.3 is 4.90 Å². The molecule has 3 nitrogen and oxygen atoms in total. The van der Waals surface area contributed by atoms with E-state index in [1.165, 1.54) is 0 Å². The number of likely N-dealkylation sites (N-methyl/N-ethyl adjacent to an activating group) is 1. The Morgan fingerprint density at radius 1 is 1.62 bits per heavy atom. The fourth-order valence-corrected chi connectivity index (χ4v) is 2.10. The van der Waals surface area contributed by atoms with Crippen molar-refractivity contribution in [2.24, 2.45) is 5.92 Å². The Morgan fingerprint density at radius 3 is 2.62 bits per heavy atom. The van der Waals surface area contributed by atoms with Crippen LogP contribution >= 0.6 is 0 Å². The van der Waals surface area contributed by atoms with Crippen LogP contribution in [0.1, 0.15) is 33.1 Å². The van der Waals surface area contributed by atoms with Crippen molar-refractivity contribution in [3.63, 3.8) is 0 Å². The highest BCUT2D eigenvalue weighted by Gasteiger charge is 2.57. The Labute approximate surface area is 79.5 Å². The highest BCUT2D eigenvalue weighted by Crippen LogP contribution is 2.42. The molecule has 1 atom stereocenters. The lowest BCUT2D eigenvalue weighted by Gasteiger charge is -2.20. The van der Waals surface area contributed by atoms with Gasteiger partial charge in [-0.3, -0.25) is 10.1 Å². The zero-order chi connectivity index (χ0) is 9.64. The molecule has 1 aliphatic carbocycles. The molecule has 2 aliphatic rings. The zero-order valence-electron chi connectivity index (χ0n) is 8.63. The zero-order valence-corrected chi connectivity index (χ0v) is 8.63. The van der Waals surface area contributed by atoms with E-state index in [4.69, 9.17) is 0 Å². The van der Waals surface area contributed by atoms with Gasteiger partial charge in [-0.2, -0.15) is 0 Å². The highest BCUT2D eigenvalue weighted by molar-refractivity contribution is 5.91. The van der Waals surface area contributed by atoms with Crippen molar-refractivity contribution >= 4 is 5.91 Å². The van der Waals surface area contributed by atoms with Crippen LogP contribution in [0.2, 0.25) is 0 Å². The minimum Gasteiger partial charge on any atom is -0.329 e. The average Bonchev–Trinajstić information content (AvgIpc) is 2.77. The quantitative estimate of drug-likeness (QED) is 0.689. The van der Waals surface area contributed by atoms with Gasteiger partial charge >= 0.3 is 0 Å². The highest BCUT2D eigenvalue weighted by atomic mass is 16.2. The van der Waals surface area contributed by atoms with E-state index in [2.05, 4.69) is 19.2 Å². The van der Waals surface area contributed by atoms with E-state index in [1.807, 2.05) is 11.9 Å². The van der Waals surface area contributed by atoms with E-state index < -0.39 is 0 Å². The van der Waals surface area contributed by atoms with Gasteiger partial charge in [0.15, 0.2) is 0 Å². The molecule has 3 heteroatoms. The second kappa shape index (κ2) is 2.71. The third-order valence-electron chi connectivity index (χ3n) is 3.08. The molecule has 2 rings (SSSR count). The van der Waals surface area contributed by atoms with E-state index in [9.17, 15) is 4.79 Å². The minimum atomic E-state index is -0.131. The Balaban J connectivity index is 2.04. The van der Waals surface area contributed by atoms with Crippen LogP contribution in [0, 0.1) is 5.92 Å². The van der Waals surface area contributed by atoms with Crippen molar-refractivity contribution in [1.82, 2.24) is 10.2 Å². The molecule has 1 amide bonds. The van der Waals surface area contributed by atoms with Gasteiger partial charge in [-0.15, -0.1) is 0 Å². The first-order valence-corrected chi connectivity index (χ1v) is 5.10. The SMILES string of the molecule is CC(C)CC1NC2(CC2)C(=O)N1C. The van der Waals surface area contributed by atoms with Crippen LogP contribution in [-0.2, 0) is 4.79 Å². The van der Waals surface area contributed by atoms with Crippen LogP contribution in [0.5, 0.6) is 0 Å². The molecule has 2 fully saturated rings. The van der Waals surface area contributed by atoms with E-state index in [0.29, 0.717) is 11.8 Å². The predicted molar refractivity (Wildman–Crippen MR) is 51.1 cm³/mol. The molecular formula is C10H18N2O. The Kier molecular flexibility index (Phi) is 1.88. The number of carbonyl (C=O) groups excluding carboxylic acids is 1. The van der Waals surface area contributed by atoms with Gasteiger partial charge in [-0.05, 0) is 25.2 Å². The summed E-state index contributed by atoms with van der Waals surface area (Å²) in [6.07, 6.45) is 3.40. The van der Waals surface area contributed by atoms with E-state index in [-0.39, 0.29) is 11.7 Å². The molecule has 0 aromatic heterocycles. The number of hydrogen-bond donors (Lipinski definition) is 1. The van der Waals surface area contributed by atoms with Gasteiger partial charge in [0, 0.05) is 7.05 Å². The summed E-state index contributed by atoms with van der Waals surface area (Å²) < 4.78 is 0. The van der Waals surface area contributed by atoms with Gasteiger partial charge in [0.05, 0.1) is 11.7 Å². The van der Waals surface area contributed by atoms with Gasteiger partial charge in [0.1, 0.15) is 0 Å². The standard InChI is InChI=1S/C10H18N2O/c1-7(2)6-8-11-10(4-5-10)9(13)12(8)3/h7-8,11H,4-6H2,1-3H3. The van der Waals surface area contributed by atoms with Gasteiger partial charge in [0.2, 0.25) is 5.91 Å². The van der Waals surface area contributed by atoms with E-state index in [1.54, 1.807) is 0 Å². The monoisotopic (exact) mass is 182 g/mol. The van der Waals surface area contributed by atoms with Crippen molar-refractivity contribution < 1.29 is 4.79 Å². The first-order valence-electron chi connectivity index (χ1n) is 5.10. The van der Waals surface area contributed by atoms with E-state index >= 15 is 0 Å². The Bertz CT molecular complexity index is 233. The largest absolute Gasteiger partial charge is 0.329 e. The maximum Gasteiger partial charge on any atom is 0.243 e. The lowest BCUT2D eigenvalue weighted by molar-refractivity contribution is -0.129. The lowest BCUT2D eigenvalue weighted by atomic mass is 10.1. The molecule has 0 aromatic carbocycles. The first-order chi connectivity index (χ1) is 6.05. The minimum absolute atomic E-state index is 0.131. The maximum absolute atomic E-state index is 11.7. The summed E-state index contributed by atoms with van der Waals surface area (Å²) in [6.45, 7) is 4.38. The molecule has 1 saturated heterocycles. The smallest absolute Gasteiger partial charge is 0.243 e. The van der Waals surface area contributed by atoms with Crippen LogP contribution < -0.4 is 5.32 Å². The van der Waals surface area contributed by atoms with Gasteiger partial charge in [-0.25, -0.2) is 0 Å². The molecule has 0 aromatic rings. The molecule has 1 saturated carbocycles. The molecule has 0 bridgehead atoms. The lowest BCUT2D eigenvalue weighted by Crippen LogP contribution is -2.36. The molecule has 13 heavy (non-hydrogen) atoms. The number of rotatable bonds is 2. The van der Waals surface area contributed by atoms with Crippen molar-refractivity contribution in [2.45, 2.75) is 44.8 Å². The topological polar surface area (TPSA) is 32.3 Å². The Hall–Kier alpha value is -0.570. The fourth-order valence-electron chi connectivity index (χ4n) is 2.10. The van der Waals surface area contributed by atoms with Crippen molar-refractivity contribution in [2.75, 3.05) is 7.05 Å². The van der Waals surface area contributed by atoms with E-state index in [0.717, 1.165) is 19.3 Å². The molecule has 74 valence electrons. The van der Waals surface area contributed by atoms with Gasteiger partial charge in [-0.1, -0.05) is 13.8 Å². The normalized spacial score (nSPS) is 30.6. The number of nitrogens with one attached hydrogen (secondary N) is 1. The molecule has 1 heterocycles.